The second-order valence-corrected chi connectivity index (χ2v) is 5.29. The Morgan fingerprint density at radius 1 is 1.21 bits per heavy atom. The van der Waals surface area contributed by atoms with E-state index >= 15 is 0 Å². The summed E-state index contributed by atoms with van der Waals surface area (Å²) in [6, 6.07) is 8.54. The molecule has 0 aliphatic carbocycles. The van der Waals surface area contributed by atoms with Crippen LogP contribution in [0.4, 0.5) is 5.69 Å². The van der Waals surface area contributed by atoms with Crippen molar-refractivity contribution in [2.75, 3.05) is 19.0 Å². The maximum atomic E-state index is 5.12. The lowest BCUT2D eigenvalue weighted by Gasteiger charge is -2.13. The standard InChI is InChI=1S/C14H22N4S/c1-10(2)15-14(19)17-16-11(3)12-6-8-13(9-7-12)18(4)5/h6-10H,1-5H3,(H2,15,17,19)/b16-11-. The van der Waals surface area contributed by atoms with Gasteiger partial charge in [-0.15, -0.1) is 0 Å². The average Bonchev–Trinajstić information content (AvgIpc) is 2.35. The van der Waals surface area contributed by atoms with Gasteiger partial charge in [-0.25, -0.2) is 0 Å². The van der Waals surface area contributed by atoms with Crippen LogP contribution in [-0.4, -0.2) is 31.0 Å². The largest absolute Gasteiger partial charge is 0.378 e. The molecule has 0 aromatic heterocycles. The maximum Gasteiger partial charge on any atom is 0.187 e. The van der Waals surface area contributed by atoms with E-state index in [0.717, 1.165) is 11.3 Å². The van der Waals surface area contributed by atoms with Gasteiger partial charge in [0.15, 0.2) is 5.11 Å². The van der Waals surface area contributed by atoms with Crippen LogP contribution in [0.1, 0.15) is 26.3 Å². The van der Waals surface area contributed by atoms with Crippen LogP contribution in [0.3, 0.4) is 0 Å². The molecule has 5 heteroatoms. The normalized spacial score (nSPS) is 11.4. The van der Waals surface area contributed by atoms with Gasteiger partial charge in [-0.05, 0) is 50.7 Å². The van der Waals surface area contributed by atoms with Crippen LogP contribution in [0.2, 0.25) is 0 Å². The topological polar surface area (TPSA) is 39.7 Å². The van der Waals surface area contributed by atoms with Gasteiger partial charge in [-0.1, -0.05) is 12.1 Å². The fourth-order valence-corrected chi connectivity index (χ4v) is 1.78. The number of hydrazone groups is 1. The molecule has 19 heavy (non-hydrogen) atoms. The van der Waals surface area contributed by atoms with Gasteiger partial charge in [0.2, 0.25) is 0 Å². The van der Waals surface area contributed by atoms with E-state index in [0.29, 0.717) is 11.2 Å². The van der Waals surface area contributed by atoms with Crippen molar-refractivity contribution < 1.29 is 0 Å². The SMILES string of the molecule is C/C(=N/NC(=S)NC(C)C)c1ccc(N(C)C)cc1. The monoisotopic (exact) mass is 278 g/mol. The first-order valence-electron chi connectivity index (χ1n) is 6.28. The lowest BCUT2D eigenvalue weighted by Crippen LogP contribution is -2.37. The van der Waals surface area contributed by atoms with E-state index in [1.165, 1.54) is 5.69 Å². The molecule has 0 bridgehead atoms. The van der Waals surface area contributed by atoms with Crippen molar-refractivity contribution in [2.45, 2.75) is 26.8 Å². The van der Waals surface area contributed by atoms with E-state index < -0.39 is 0 Å². The molecule has 0 heterocycles. The van der Waals surface area contributed by atoms with Gasteiger partial charge in [0.1, 0.15) is 0 Å². The zero-order valence-electron chi connectivity index (χ0n) is 12.2. The van der Waals surface area contributed by atoms with Gasteiger partial charge in [0.25, 0.3) is 0 Å². The Kier molecular flexibility index (Phi) is 5.76. The average molecular weight is 278 g/mol. The highest BCUT2D eigenvalue weighted by molar-refractivity contribution is 7.80. The van der Waals surface area contributed by atoms with Gasteiger partial charge in [0, 0.05) is 25.8 Å². The molecule has 0 radical (unpaired) electrons. The molecule has 2 N–H and O–H groups in total. The third kappa shape index (κ3) is 5.26. The van der Waals surface area contributed by atoms with Gasteiger partial charge in [-0.2, -0.15) is 5.10 Å². The van der Waals surface area contributed by atoms with E-state index in [1.54, 1.807) is 0 Å². The van der Waals surface area contributed by atoms with E-state index in [1.807, 2.05) is 34.9 Å². The van der Waals surface area contributed by atoms with Crippen molar-refractivity contribution in [3.05, 3.63) is 29.8 Å². The Labute approximate surface area is 120 Å². The molecule has 1 rings (SSSR count). The molecular weight excluding hydrogens is 256 g/mol. The Morgan fingerprint density at radius 2 is 1.79 bits per heavy atom. The quantitative estimate of drug-likeness (QED) is 0.504. The van der Waals surface area contributed by atoms with E-state index in [2.05, 4.69) is 45.0 Å². The molecular formula is C14H22N4S. The number of hydrogen-bond acceptors (Lipinski definition) is 3. The summed E-state index contributed by atoms with van der Waals surface area (Å²) < 4.78 is 0. The Morgan fingerprint density at radius 3 is 2.26 bits per heavy atom. The van der Waals surface area contributed by atoms with Gasteiger partial charge < -0.3 is 10.2 Å². The van der Waals surface area contributed by atoms with Crippen molar-refractivity contribution >= 4 is 28.7 Å². The van der Waals surface area contributed by atoms with E-state index in [4.69, 9.17) is 12.2 Å². The first-order chi connectivity index (χ1) is 8.90. The molecule has 0 saturated carbocycles. The first-order valence-corrected chi connectivity index (χ1v) is 6.69. The Hall–Kier alpha value is -1.62. The lowest BCUT2D eigenvalue weighted by atomic mass is 10.1. The highest BCUT2D eigenvalue weighted by atomic mass is 32.1. The third-order valence-electron chi connectivity index (χ3n) is 2.55. The second-order valence-electron chi connectivity index (χ2n) is 4.88. The van der Waals surface area contributed by atoms with Crippen LogP contribution >= 0.6 is 12.2 Å². The molecule has 0 aliphatic heterocycles. The number of benzene rings is 1. The summed E-state index contributed by atoms with van der Waals surface area (Å²) in [6.07, 6.45) is 0. The fraction of sp³-hybridized carbons (Fsp3) is 0.429. The summed E-state index contributed by atoms with van der Waals surface area (Å²) in [7, 11) is 4.04. The molecule has 0 spiro atoms. The zero-order valence-corrected chi connectivity index (χ0v) is 13.0. The Bertz CT molecular complexity index is 449. The smallest absolute Gasteiger partial charge is 0.187 e. The molecule has 1 aromatic carbocycles. The van der Waals surface area contributed by atoms with Crippen molar-refractivity contribution in [3.63, 3.8) is 0 Å². The highest BCUT2D eigenvalue weighted by Crippen LogP contribution is 2.12. The Balaban J connectivity index is 2.66. The third-order valence-corrected chi connectivity index (χ3v) is 2.76. The number of rotatable bonds is 4. The number of thiocarbonyl (C=S) groups is 1. The summed E-state index contributed by atoms with van der Waals surface area (Å²) in [5.74, 6) is 0. The van der Waals surface area contributed by atoms with E-state index in [-0.39, 0.29) is 0 Å². The molecule has 1 aromatic rings. The van der Waals surface area contributed by atoms with Crippen LogP contribution in [0.5, 0.6) is 0 Å². The zero-order chi connectivity index (χ0) is 14.4. The summed E-state index contributed by atoms with van der Waals surface area (Å²) in [5.41, 5.74) is 5.99. The van der Waals surface area contributed by atoms with Gasteiger partial charge in [0.05, 0.1) is 5.71 Å². The van der Waals surface area contributed by atoms with Crippen LogP contribution in [0.15, 0.2) is 29.4 Å². The van der Waals surface area contributed by atoms with E-state index in [9.17, 15) is 0 Å². The van der Waals surface area contributed by atoms with Crippen molar-refractivity contribution in [2.24, 2.45) is 5.10 Å². The number of hydrogen-bond donors (Lipinski definition) is 2. The number of anilines is 1. The number of nitrogens with zero attached hydrogens (tertiary/aromatic N) is 2. The molecule has 0 fully saturated rings. The van der Waals surface area contributed by atoms with Crippen molar-refractivity contribution in [3.8, 4) is 0 Å². The van der Waals surface area contributed by atoms with Crippen LogP contribution in [-0.2, 0) is 0 Å². The minimum Gasteiger partial charge on any atom is -0.378 e. The summed E-state index contributed by atoms with van der Waals surface area (Å²) in [4.78, 5) is 2.07. The molecule has 0 saturated heterocycles. The predicted octanol–water partition coefficient (Wildman–Crippen LogP) is 2.35. The van der Waals surface area contributed by atoms with Crippen molar-refractivity contribution in [1.29, 1.82) is 0 Å². The fourth-order valence-electron chi connectivity index (χ4n) is 1.49. The predicted molar refractivity (Wildman–Crippen MR) is 87.0 cm³/mol. The molecule has 0 aliphatic rings. The molecule has 104 valence electrons. The second kappa shape index (κ2) is 7.09. The summed E-state index contributed by atoms with van der Waals surface area (Å²) in [6.45, 7) is 6.02. The highest BCUT2D eigenvalue weighted by Gasteiger charge is 2.00. The van der Waals surface area contributed by atoms with Crippen LogP contribution in [0.25, 0.3) is 0 Å². The molecule has 0 unspecified atom stereocenters. The van der Waals surface area contributed by atoms with Gasteiger partial charge >= 0.3 is 0 Å². The minimum atomic E-state index is 0.301. The number of nitrogens with one attached hydrogen (secondary N) is 2. The lowest BCUT2D eigenvalue weighted by molar-refractivity contribution is 0.719. The minimum absolute atomic E-state index is 0.301. The molecule has 0 atom stereocenters. The van der Waals surface area contributed by atoms with Gasteiger partial charge in [-0.3, -0.25) is 5.43 Å². The molecule has 4 nitrogen and oxygen atoms in total. The van der Waals surface area contributed by atoms with Crippen LogP contribution < -0.4 is 15.6 Å². The maximum absolute atomic E-state index is 5.12. The molecule has 0 amide bonds. The van der Waals surface area contributed by atoms with Crippen molar-refractivity contribution in [1.82, 2.24) is 10.7 Å². The summed E-state index contributed by atoms with van der Waals surface area (Å²) >= 11 is 5.12. The van der Waals surface area contributed by atoms with Crippen LogP contribution in [0, 0.1) is 0 Å². The summed E-state index contributed by atoms with van der Waals surface area (Å²) in [5, 5.41) is 7.89. The first kappa shape index (κ1) is 15.4.